The monoisotopic (exact) mass is 353 g/mol. The second kappa shape index (κ2) is 7.93. The first-order valence-electron chi connectivity index (χ1n) is 8.29. The number of carbonyl (C=O) groups is 1. The predicted molar refractivity (Wildman–Crippen MR) is 97.9 cm³/mol. The van der Waals surface area contributed by atoms with Crippen LogP contribution in [0.5, 0.6) is 0 Å². The van der Waals surface area contributed by atoms with E-state index in [2.05, 4.69) is 10.4 Å². The zero-order chi connectivity index (χ0) is 18.5. The van der Waals surface area contributed by atoms with Gasteiger partial charge in [0.15, 0.2) is 0 Å². The van der Waals surface area contributed by atoms with Crippen LogP contribution in [-0.4, -0.2) is 35.9 Å². The summed E-state index contributed by atoms with van der Waals surface area (Å²) < 4.78 is 20.7. The van der Waals surface area contributed by atoms with Gasteiger partial charge in [-0.1, -0.05) is 24.3 Å². The van der Waals surface area contributed by atoms with E-state index in [1.54, 1.807) is 31.4 Å². The van der Waals surface area contributed by atoms with Gasteiger partial charge in [-0.25, -0.2) is 9.07 Å². The molecular weight excluding hydrogens is 333 g/mol. The van der Waals surface area contributed by atoms with E-state index in [9.17, 15) is 9.18 Å². The number of benzene rings is 2. The highest BCUT2D eigenvalue weighted by atomic mass is 19.1. The van der Waals surface area contributed by atoms with Crippen molar-refractivity contribution >= 4 is 5.91 Å². The van der Waals surface area contributed by atoms with Gasteiger partial charge >= 0.3 is 0 Å². The van der Waals surface area contributed by atoms with Crippen molar-refractivity contribution in [3.63, 3.8) is 0 Å². The lowest BCUT2D eigenvalue weighted by atomic mass is 10.1. The molecule has 2 aromatic carbocycles. The first-order chi connectivity index (χ1) is 12.6. The average molecular weight is 353 g/mol. The third kappa shape index (κ3) is 3.81. The summed E-state index contributed by atoms with van der Waals surface area (Å²) in [6, 6.07) is 15.6. The van der Waals surface area contributed by atoms with Crippen LogP contribution in [0.2, 0.25) is 0 Å². The number of amides is 1. The summed E-state index contributed by atoms with van der Waals surface area (Å²) in [6.45, 7) is 2.75. The topological polar surface area (TPSA) is 56.1 Å². The molecule has 6 heteroatoms. The standard InChI is InChI=1S/C20H20FN3O2/c1-14-6-5-7-15(12-14)24-19(20(25)22-10-11-26-2)13-18(23-24)16-8-3-4-9-17(16)21/h3-9,12-13H,10-11H2,1-2H3,(H,22,25). The van der Waals surface area contributed by atoms with Crippen LogP contribution in [0, 0.1) is 12.7 Å². The Morgan fingerprint density at radius 3 is 2.73 bits per heavy atom. The number of hydrogen-bond acceptors (Lipinski definition) is 3. The van der Waals surface area contributed by atoms with Crippen molar-refractivity contribution in [2.45, 2.75) is 6.92 Å². The quantitative estimate of drug-likeness (QED) is 0.692. The van der Waals surface area contributed by atoms with Gasteiger partial charge in [-0.15, -0.1) is 0 Å². The van der Waals surface area contributed by atoms with Crippen LogP contribution in [0.15, 0.2) is 54.6 Å². The Bertz CT molecular complexity index is 921. The van der Waals surface area contributed by atoms with E-state index in [1.807, 2.05) is 31.2 Å². The molecule has 0 spiro atoms. The van der Waals surface area contributed by atoms with Crippen molar-refractivity contribution in [2.75, 3.05) is 20.3 Å². The highest BCUT2D eigenvalue weighted by Gasteiger charge is 2.19. The molecule has 26 heavy (non-hydrogen) atoms. The zero-order valence-electron chi connectivity index (χ0n) is 14.7. The molecule has 0 bridgehead atoms. The molecule has 0 aliphatic heterocycles. The summed E-state index contributed by atoms with van der Waals surface area (Å²) in [5.74, 6) is -0.675. The Morgan fingerprint density at radius 1 is 1.19 bits per heavy atom. The number of methoxy groups -OCH3 is 1. The Balaban J connectivity index is 2.06. The highest BCUT2D eigenvalue weighted by molar-refractivity contribution is 5.94. The van der Waals surface area contributed by atoms with Gasteiger partial charge in [-0.05, 0) is 42.8 Å². The minimum atomic E-state index is -0.382. The molecule has 0 saturated carbocycles. The van der Waals surface area contributed by atoms with E-state index >= 15 is 0 Å². The van der Waals surface area contributed by atoms with Crippen LogP contribution in [0.25, 0.3) is 16.9 Å². The van der Waals surface area contributed by atoms with Crippen molar-refractivity contribution < 1.29 is 13.9 Å². The van der Waals surface area contributed by atoms with Crippen LogP contribution in [0.4, 0.5) is 4.39 Å². The van der Waals surface area contributed by atoms with Gasteiger partial charge in [-0.2, -0.15) is 5.10 Å². The molecule has 0 fully saturated rings. The van der Waals surface area contributed by atoms with Crippen LogP contribution in [0.1, 0.15) is 16.1 Å². The molecular formula is C20H20FN3O2. The van der Waals surface area contributed by atoms with Crippen molar-refractivity contribution in [1.29, 1.82) is 0 Å². The number of rotatable bonds is 6. The van der Waals surface area contributed by atoms with Gasteiger partial charge in [0.05, 0.1) is 18.0 Å². The van der Waals surface area contributed by atoms with Gasteiger partial charge in [-0.3, -0.25) is 4.79 Å². The van der Waals surface area contributed by atoms with Gasteiger partial charge in [0.2, 0.25) is 0 Å². The molecule has 0 aliphatic rings. The van der Waals surface area contributed by atoms with Crippen molar-refractivity contribution in [3.05, 3.63) is 71.7 Å². The maximum Gasteiger partial charge on any atom is 0.270 e. The number of nitrogens with one attached hydrogen (secondary N) is 1. The molecule has 3 aromatic rings. The fourth-order valence-corrected chi connectivity index (χ4v) is 2.66. The van der Waals surface area contributed by atoms with Gasteiger partial charge in [0, 0.05) is 19.2 Å². The maximum absolute atomic E-state index is 14.2. The lowest BCUT2D eigenvalue weighted by Crippen LogP contribution is -2.28. The summed E-state index contributed by atoms with van der Waals surface area (Å²) in [4.78, 5) is 12.6. The maximum atomic E-state index is 14.2. The van der Waals surface area contributed by atoms with Gasteiger partial charge in [0.25, 0.3) is 5.91 Å². The molecule has 0 aliphatic carbocycles. The van der Waals surface area contributed by atoms with Crippen molar-refractivity contribution in [1.82, 2.24) is 15.1 Å². The normalized spacial score (nSPS) is 10.7. The molecule has 134 valence electrons. The van der Waals surface area contributed by atoms with Crippen LogP contribution >= 0.6 is 0 Å². The molecule has 0 unspecified atom stereocenters. The smallest absolute Gasteiger partial charge is 0.270 e. The molecule has 0 saturated heterocycles. The van der Waals surface area contributed by atoms with E-state index in [0.29, 0.717) is 30.1 Å². The zero-order valence-corrected chi connectivity index (χ0v) is 14.7. The van der Waals surface area contributed by atoms with E-state index in [-0.39, 0.29) is 11.7 Å². The molecule has 1 amide bonds. The first kappa shape index (κ1) is 17.8. The number of carbonyl (C=O) groups excluding carboxylic acids is 1. The molecule has 3 rings (SSSR count). The Labute approximate surface area is 151 Å². The summed E-state index contributed by atoms with van der Waals surface area (Å²) in [5, 5.41) is 7.27. The van der Waals surface area contributed by atoms with Crippen LogP contribution < -0.4 is 5.32 Å². The molecule has 1 aromatic heterocycles. The van der Waals surface area contributed by atoms with Crippen LogP contribution in [-0.2, 0) is 4.74 Å². The summed E-state index contributed by atoms with van der Waals surface area (Å²) in [5.41, 5.74) is 2.87. The predicted octanol–water partition coefficient (Wildman–Crippen LogP) is 3.36. The number of ether oxygens (including phenoxy) is 1. The van der Waals surface area contributed by atoms with E-state index in [1.165, 1.54) is 10.7 Å². The Hall–Kier alpha value is -2.99. The number of halogens is 1. The number of hydrogen-bond donors (Lipinski definition) is 1. The fourth-order valence-electron chi connectivity index (χ4n) is 2.66. The lowest BCUT2D eigenvalue weighted by Gasteiger charge is -2.08. The summed E-state index contributed by atoms with van der Waals surface area (Å²) >= 11 is 0. The van der Waals surface area contributed by atoms with Crippen molar-refractivity contribution in [2.24, 2.45) is 0 Å². The summed E-state index contributed by atoms with van der Waals surface area (Å²) in [7, 11) is 1.57. The first-order valence-corrected chi connectivity index (χ1v) is 8.29. The highest BCUT2D eigenvalue weighted by Crippen LogP contribution is 2.24. The second-order valence-electron chi connectivity index (χ2n) is 5.89. The second-order valence-corrected chi connectivity index (χ2v) is 5.89. The molecule has 1 N–H and O–H groups in total. The Kier molecular flexibility index (Phi) is 5.43. The fraction of sp³-hybridized carbons (Fsp3) is 0.200. The van der Waals surface area contributed by atoms with E-state index in [0.717, 1.165) is 11.3 Å². The SMILES string of the molecule is COCCNC(=O)c1cc(-c2ccccc2F)nn1-c1cccc(C)c1. The minimum absolute atomic E-state index is 0.293. The Morgan fingerprint density at radius 2 is 2.00 bits per heavy atom. The van der Waals surface area contributed by atoms with Crippen LogP contribution in [0.3, 0.4) is 0 Å². The molecule has 1 heterocycles. The third-order valence-electron chi connectivity index (χ3n) is 3.93. The molecule has 0 radical (unpaired) electrons. The average Bonchev–Trinajstić information content (AvgIpc) is 3.07. The lowest BCUT2D eigenvalue weighted by molar-refractivity contribution is 0.0929. The number of nitrogens with zero attached hydrogens (tertiary/aromatic N) is 2. The third-order valence-corrected chi connectivity index (χ3v) is 3.93. The molecule has 5 nitrogen and oxygen atoms in total. The van der Waals surface area contributed by atoms with E-state index in [4.69, 9.17) is 4.74 Å². The molecule has 0 atom stereocenters. The minimum Gasteiger partial charge on any atom is -0.383 e. The van der Waals surface area contributed by atoms with Gasteiger partial charge < -0.3 is 10.1 Å². The van der Waals surface area contributed by atoms with E-state index < -0.39 is 0 Å². The van der Waals surface area contributed by atoms with Crippen molar-refractivity contribution in [3.8, 4) is 16.9 Å². The largest absolute Gasteiger partial charge is 0.383 e. The summed E-state index contributed by atoms with van der Waals surface area (Å²) in [6.07, 6.45) is 0. The number of aromatic nitrogens is 2. The van der Waals surface area contributed by atoms with Gasteiger partial charge in [0.1, 0.15) is 11.5 Å². The number of aryl methyl sites for hydroxylation is 1.